The van der Waals surface area contributed by atoms with Crippen molar-refractivity contribution >= 4 is 99.3 Å². The minimum Gasteiger partial charge on any atom is -0.461 e. The van der Waals surface area contributed by atoms with Crippen LogP contribution in [0.2, 0.25) is 0 Å². The van der Waals surface area contributed by atoms with Crippen LogP contribution in [-0.2, 0) is 97.6 Å². The standard InChI is InChI=1S/C74H96FN11O23S4/c1-72(2,3)109-70(92)78-32-15-13-19-57(67(89)77-34-38-106-39-40-108-71(93)83-46-51(79-48-83)24-30-64(87)76-33-16-37-107-69(91)66-61-47-82(7)68(90)54-43-50(75)23-27-58(54)86(61)49-80-66)81-65(88)22-12-9-14-31-74(6)56-45-53(113(103,104)105)26-29-60(56)85(36-18-42-111(97,98)99)63(74)21-11-8-10-20-62-73(4,5)55-44-52(112(100,101)102)25-28-59(55)84(62)35-17-41-110(94,95)96/h8,10-11,20-21,23,25-29,43-46,48-49,57H,9,12-19,22,24,30-42,47H2,1-7H3,(H7-,76,77,78,81,87,88,89,92,94,95,96,97,98,99,100,101,102,103,104,105)/p+1. The van der Waals surface area contributed by atoms with E-state index in [1.54, 1.807) is 65.2 Å². The zero-order valence-corrected chi connectivity index (χ0v) is 67.0. The van der Waals surface area contributed by atoms with E-state index in [1.165, 1.54) is 79.3 Å². The number of rotatable bonds is 40. The first-order valence-corrected chi connectivity index (χ1v) is 42.6. The van der Waals surface area contributed by atoms with Crippen LogP contribution in [0.4, 0.5) is 25.4 Å². The Morgan fingerprint density at radius 1 is 0.699 bits per heavy atom. The highest BCUT2D eigenvalue weighted by atomic mass is 32.2. The van der Waals surface area contributed by atoms with E-state index in [-0.39, 0.29) is 133 Å². The van der Waals surface area contributed by atoms with Crippen LogP contribution in [0.15, 0.2) is 119 Å². The SMILES string of the molecule is CN1Cc2c(C(=O)OCCCNC(=O)CCc3cn(C(=O)OCCOCCNC(=O)C(CCCCNC(=O)OC(C)(C)C)NC(=O)CCCCCC4(C)\C(=C/C=C/C=C/C5=[N+](CCCS(=O)(=O)O)c6ccc(S(=O)(=O)O)cc6C5(C)C)N(CCCS(=O)(=O)O)c5ccc(S(=O)(=O)O)cc54)cn3)ncn2-c2ccc(F)cc2C1=O. The number of anilines is 1. The lowest BCUT2D eigenvalue weighted by Crippen LogP contribution is -2.47. The number of aryl methyl sites for hydroxylation is 1. The number of nitrogens with zero attached hydrogens (tertiary/aromatic N) is 7. The minimum atomic E-state index is -4.75. The van der Waals surface area contributed by atoms with Gasteiger partial charge in [-0.3, -0.25) is 42.0 Å². The summed E-state index contributed by atoms with van der Waals surface area (Å²) in [6, 6.07) is 10.8. The largest absolute Gasteiger partial charge is 0.461 e. The third-order valence-electron chi connectivity index (χ3n) is 18.9. The summed E-state index contributed by atoms with van der Waals surface area (Å²) in [5.41, 5.74) is 1.74. The van der Waals surface area contributed by atoms with E-state index in [9.17, 15) is 89.8 Å². The number of hydrogen-bond acceptors (Lipinski definition) is 22. The van der Waals surface area contributed by atoms with Crippen LogP contribution in [0.3, 0.4) is 0 Å². The van der Waals surface area contributed by atoms with Crippen LogP contribution in [0.25, 0.3) is 5.69 Å². The Hall–Kier alpha value is -9.61. The molecule has 0 fully saturated rings. The molecule has 34 nitrogen and oxygen atoms in total. The molecule has 8 N–H and O–H groups in total. The number of benzene rings is 3. The number of hydrogen-bond donors (Lipinski definition) is 8. The molecule has 0 bridgehead atoms. The summed E-state index contributed by atoms with van der Waals surface area (Å²) in [7, 11) is -16.6. The van der Waals surface area contributed by atoms with Crippen LogP contribution >= 0.6 is 0 Å². The number of aromatic nitrogens is 4. The second-order valence-corrected chi connectivity index (χ2v) is 35.0. The van der Waals surface area contributed by atoms with E-state index in [2.05, 4.69) is 31.2 Å². The topological polar surface area (TPSA) is 467 Å². The minimum absolute atomic E-state index is 0.00130. The maximum absolute atomic E-state index is 14.0. The van der Waals surface area contributed by atoms with Crippen LogP contribution < -0.4 is 26.2 Å². The lowest BCUT2D eigenvalue weighted by atomic mass is 9.77. The van der Waals surface area contributed by atoms with Gasteiger partial charge in [0.05, 0.1) is 75.7 Å². The van der Waals surface area contributed by atoms with Crippen molar-refractivity contribution < 1.29 is 113 Å². The van der Waals surface area contributed by atoms with Gasteiger partial charge in [-0.2, -0.15) is 38.2 Å². The molecule has 0 radical (unpaired) electrons. The second kappa shape index (κ2) is 38.5. The van der Waals surface area contributed by atoms with Crippen LogP contribution in [0.1, 0.15) is 162 Å². The summed E-state index contributed by atoms with van der Waals surface area (Å²) in [6.07, 6.45) is 13.9. The Labute approximate surface area is 655 Å². The van der Waals surface area contributed by atoms with Gasteiger partial charge in [-0.25, -0.2) is 33.3 Å². The van der Waals surface area contributed by atoms with Crippen LogP contribution in [-0.4, -0.2) is 217 Å². The van der Waals surface area contributed by atoms with Gasteiger partial charge in [-0.15, -0.1) is 0 Å². The highest BCUT2D eigenvalue weighted by Crippen LogP contribution is 2.52. The molecule has 113 heavy (non-hydrogen) atoms. The van der Waals surface area contributed by atoms with Crippen LogP contribution in [0, 0.1) is 5.82 Å². The Morgan fingerprint density at radius 3 is 2.10 bits per heavy atom. The monoisotopic (exact) mass is 1650 g/mol. The predicted molar refractivity (Wildman–Crippen MR) is 410 cm³/mol. The maximum Gasteiger partial charge on any atom is 0.419 e. The molecule has 2 unspecified atom stereocenters. The average Bonchev–Trinajstić information content (AvgIpc) is 1.58. The quantitative estimate of drug-likeness (QED) is 0.00478. The predicted octanol–water partition coefficient (Wildman–Crippen LogP) is 7.24. The zero-order valence-electron chi connectivity index (χ0n) is 63.8. The number of imidazole rings is 2. The third-order valence-corrected chi connectivity index (χ3v) is 22.2. The third kappa shape index (κ3) is 25.2. The second-order valence-electron chi connectivity index (χ2n) is 29.0. The lowest BCUT2D eigenvalue weighted by molar-refractivity contribution is -0.437. The molecule has 3 aliphatic rings. The van der Waals surface area contributed by atoms with Gasteiger partial charge < -0.3 is 50.0 Å². The zero-order chi connectivity index (χ0) is 82.9. The highest BCUT2D eigenvalue weighted by molar-refractivity contribution is 7.86. The number of unbranched alkanes of at least 4 members (excludes halogenated alkanes) is 3. The van der Waals surface area contributed by atoms with Crippen molar-refractivity contribution in [3.8, 4) is 5.69 Å². The normalized spacial score (nSPS) is 16.2. The van der Waals surface area contributed by atoms with E-state index < -0.39 is 121 Å². The Bertz CT molecular complexity index is 4970. The van der Waals surface area contributed by atoms with E-state index >= 15 is 0 Å². The molecule has 5 heterocycles. The molecule has 3 aromatic carbocycles. The summed E-state index contributed by atoms with van der Waals surface area (Å²) < 4.78 is 177. The molecule has 2 aromatic heterocycles. The number of allylic oxidation sites excluding steroid dienone is 6. The Morgan fingerprint density at radius 2 is 1.39 bits per heavy atom. The Kier molecular flexibility index (Phi) is 30.3. The molecule has 3 aliphatic heterocycles. The van der Waals surface area contributed by atoms with Gasteiger partial charge in [0.25, 0.3) is 46.4 Å². The number of esters is 1. The molecule has 5 aromatic rings. The number of carbonyl (C=O) groups is 7. The molecule has 0 spiro atoms. The fourth-order valence-electron chi connectivity index (χ4n) is 13.4. The lowest BCUT2D eigenvalue weighted by Gasteiger charge is -2.30. The van der Waals surface area contributed by atoms with E-state index in [0.29, 0.717) is 89.5 Å². The molecule has 0 saturated heterocycles. The Balaban J connectivity index is 0.820. The van der Waals surface area contributed by atoms with Crippen molar-refractivity contribution in [1.82, 2.24) is 45.3 Å². The molecule has 0 aliphatic carbocycles. The number of alkyl carbamates (subject to hydrolysis) is 1. The van der Waals surface area contributed by atoms with Crippen molar-refractivity contribution in [3.05, 3.63) is 149 Å². The number of halogens is 1. The van der Waals surface area contributed by atoms with Crippen molar-refractivity contribution in [2.75, 3.05) is 82.6 Å². The van der Waals surface area contributed by atoms with Crippen LogP contribution in [0.5, 0.6) is 0 Å². The molecule has 0 saturated carbocycles. The first-order valence-electron chi connectivity index (χ1n) is 36.5. The highest BCUT2D eigenvalue weighted by Gasteiger charge is 2.46. The molecular formula is C74H97FN11O23S4+. The van der Waals surface area contributed by atoms with Gasteiger partial charge in [0, 0.05) is 93.2 Å². The first-order chi connectivity index (χ1) is 53.0. The van der Waals surface area contributed by atoms with Gasteiger partial charge in [0.15, 0.2) is 11.4 Å². The number of nitrogens with one attached hydrogen (secondary N) is 4. The molecule has 8 rings (SSSR count). The summed E-state index contributed by atoms with van der Waals surface area (Å²) in [5, 5.41) is 11.0. The summed E-state index contributed by atoms with van der Waals surface area (Å²) in [5.74, 6) is -4.22. The molecule has 616 valence electrons. The molecule has 5 amide bonds. The van der Waals surface area contributed by atoms with Gasteiger partial charge in [-0.1, -0.05) is 31.1 Å². The molecular weight excluding hydrogens is 1560 g/mol. The molecule has 39 heteroatoms. The van der Waals surface area contributed by atoms with Gasteiger partial charge in [0.2, 0.25) is 23.4 Å². The van der Waals surface area contributed by atoms with Crippen molar-refractivity contribution in [1.29, 1.82) is 0 Å². The summed E-state index contributed by atoms with van der Waals surface area (Å²) >= 11 is 0. The van der Waals surface area contributed by atoms with Gasteiger partial charge >= 0.3 is 18.2 Å². The number of carbonyl (C=O) groups excluding carboxylic acids is 7. The summed E-state index contributed by atoms with van der Waals surface area (Å²) in [4.78, 5) is 102. The number of amides is 5. The fourth-order valence-corrected chi connectivity index (χ4v) is 15.4. The van der Waals surface area contributed by atoms with E-state index in [4.69, 9.17) is 18.9 Å². The number of fused-ring (bicyclic) bond motifs is 5. The number of ether oxygens (including phenoxy) is 4. The van der Waals surface area contributed by atoms with Crippen molar-refractivity contribution in [2.45, 2.75) is 164 Å². The fraction of sp³-hybridized carbons (Fsp3) is 0.486. The van der Waals surface area contributed by atoms with E-state index in [1.807, 2.05) is 20.8 Å². The van der Waals surface area contributed by atoms with Gasteiger partial charge in [0.1, 0.15) is 43.3 Å². The van der Waals surface area contributed by atoms with Gasteiger partial charge in [-0.05, 0) is 153 Å². The van der Waals surface area contributed by atoms with Crippen molar-refractivity contribution in [3.63, 3.8) is 0 Å². The summed E-state index contributed by atoms with van der Waals surface area (Å²) in [6.45, 7) is 10.8. The maximum atomic E-state index is 14.0. The first kappa shape index (κ1) is 88.9. The average molecular weight is 1660 g/mol. The smallest absolute Gasteiger partial charge is 0.419 e. The molecule has 2 atom stereocenters. The van der Waals surface area contributed by atoms with Crippen molar-refractivity contribution in [2.24, 2.45) is 0 Å². The van der Waals surface area contributed by atoms with E-state index in [0.717, 1.165) is 10.6 Å².